The molecule has 0 nitrogen and oxygen atoms in total. The fourth-order valence-electron chi connectivity index (χ4n) is 0.995. The Kier molecular flexibility index (Phi) is 1.91. The highest BCUT2D eigenvalue weighted by atomic mass is 32.2. The molecule has 1 saturated carbocycles. The third-order valence-corrected chi connectivity index (χ3v) is 3.20. The topological polar surface area (TPSA) is 0 Å². The molecule has 0 saturated heterocycles. The smallest absolute Gasteiger partial charge is 0.00952 e. The van der Waals surface area contributed by atoms with Gasteiger partial charge in [0.2, 0.25) is 0 Å². The van der Waals surface area contributed by atoms with Crippen LogP contribution in [0.4, 0.5) is 0 Å². The summed E-state index contributed by atoms with van der Waals surface area (Å²) >= 11 is 2.02. The summed E-state index contributed by atoms with van der Waals surface area (Å²) in [5, 5.41) is 0.928. The molecule has 11 heavy (non-hydrogen) atoms. The molecule has 0 aromatic heterocycles. The molecule has 0 heterocycles. The quantitative estimate of drug-likeness (QED) is 0.646. The molecule has 0 amide bonds. The summed E-state index contributed by atoms with van der Waals surface area (Å²) in [5.74, 6) is 0. The van der Waals surface area contributed by atoms with Gasteiger partial charge < -0.3 is 0 Å². The van der Waals surface area contributed by atoms with Gasteiger partial charge in [0.05, 0.1) is 0 Å². The zero-order valence-corrected chi connectivity index (χ0v) is 7.53. The SMILES string of the molecule is Cc1ccc(SC2CC2)cc1. The summed E-state index contributed by atoms with van der Waals surface area (Å²) in [7, 11) is 0. The highest BCUT2D eigenvalue weighted by Crippen LogP contribution is 2.38. The Hall–Kier alpha value is -0.430. The summed E-state index contributed by atoms with van der Waals surface area (Å²) < 4.78 is 0. The van der Waals surface area contributed by atoms with Gasteiger partial charge in [-0.1, -0.05) is 17.7 Å². The van der Waals surface area contributed by atoms with Crippen molar-refractivity contribution in [3.63, 3.8) is 0 Å². The van der Waals surface area contributed by atoms with E-state index in [9.17, 15) is 0 Å². The first-order chi connectivity index (χ1) is 5.34. The van der Waals surface area contributed by atoms with Crippen molar-refractivity contribution in [2.45, 2.75) is 29.9 Å². The number of benzene rings is 1. The van der Waals surface area contributed by atoms with Crippen LogP contribution in [-0.2, 0) is 0 Å². The first kappa shape index (κ1) is 7.23. The van der Waals surface area contributed by atoms with Crippen molar-refractivity contribution in [3.8, 4) is 0 Å². The van der Waals surface area contributed by atoms with Crippen molar-refractivity contribution in [3.05, 3.63) is 29.8 Å². The molecule has 1 aromatic carbocycles. The largest absolute Gasteiger partial charge is 0.123 e. The van der Waals surface area contributed by atoms with E-state index in [0.29, 0.717) is 0 Å². The molecule has 0 bridgehead atoms. The van der Waals surface area contributed by atoms with Gasteiger partial charge in [0.25, 0.3) is 0 Å². The fourth-order valence-corrected chi connectivity index (χ4v) is 2.05. The molecule has 1 aliphatic carbocycles. The Morgan fingerprint density at radius 1 is 1.18 bits per heavy atom. The molecule has 0 spiro atoms. The summed E-state index contributed by atoms with van der Waals surface area (Å²) in [6, 6.07) is 8.81. The van der Waals surface area contributed by atoms with Crippen molar-refractivity contribution in [1.29, 1.82) is 0 Å². The minimum Gasteiger partial charge on any atom is -0.123 e. The van der Waals surface area contributed by atoms with Crippen LogP contribution in [0, 0.1) is 6.92 Å². The molecule has 0 unspecified atom stereocenters. The van der Waals surface area contributed by atoms with Crippen LogP contribution in [0.3, 0.4) is 0 Å². The van der Waals surface area contributed by atoms with E-state index in [-0.39, 0.29) is 0 Å². The van der Waals surface area contributed by atoms with Crippen LogP contribution in [0.15, 0.2) is 29.2 Å². The van der Waals surface area contributed by atoms with Crippen molar-refractivity contribution in [2.75, 3.05) is 0 Å². The second kappa shape index (κ2) is 2.90. The number of hydrogen-bond acceptors (Lipinski definition) is 1. The van der Waals surface area contributed by atoms with Crippen molar-refractivity contribution in [1.82, 2.24) is 0 Å². The molecule has 1 heteroatoms. The minimum absolute atomic E-state index is 0.928. The van der Waals surface area contributed by atoms with Crippen LogP contribution < -0.4 is 0 Å². The lowest BCUT2D eigenvalue weighted by Crippen LogP contribution is -1.75. The zero-order chi connectivity index (χ0) is 7.68. The predicted octanol–water partition coefficient (Wildman–Crippen LogP) is 3.25. The van der Waals surface area contributed by atoms with Crippen LogP contribution in [0.25, 0.3) is 0 Å². The predicted molar refractivity (Wildman–Crippen MR) is 50.1 cm³/mol. The van der Waals surface area contributed by atoms with E-state index >= 15 is 0 Å². The summed E-state index contributed by atoms with van der Waals surface area (Å²) in [6.45, 7) is 2.13. The monoisotopic (exact) mass is 164 g/mol. The maximum atomic E-state index is 2.22. The van der Waals surface area contributed by atoms with E-state index < -0.39 is 0 Å². The van der Waals surface area contributed by atoms with Gasteiger partial charge in [-0.05, 0) is 31.9 Å². The fraction of sp³-hybridized carbons (Fsp3) is 0.400. The Labute approximate surface area is 72.0 Å². The lowest BCUT2D eigenvalue weighted by Gasteiger charge is -1.98. The second-order valence-corrected chi connectivity index (χ2v) is 4.50. The minimum atomic E-state index is 0.928. The Balaban J connectivity index is 2.06. The number of aryl methyl sites for hydroxylation is 1. The first-order valence-corrected chi connectivity index (χ1v) is 4.96. The van der Waals surface area contributed by atoms with E-state index in [2.05, 4.69) is 31.2 Å². The third kappa shape index (κ3) is 2.00. The van der Waals surface area contributed by atoms with Gasteiger partial charge in [-0.15, -0.1) is 11.8 Å². The van der Waals surface area contributed by atoms with Gasteiger partial charge in [-0.25, -0.2) is 0 Å². The van der Waals surface area contributed by atoms with Gasteiger partial charge in [-0.3, -0.25) is 0 Å². The number of rotatable bonds is 2. The molecule has 0 N–H and O–H groups in total. The molecular formula is C10H12S. The van der Waals surface area contributed by atoms with Gasteiger partial charge in [-0.2, -0.15) is 0 Å². The lowest BCUT2D eigenvalue weighted by atomic mass is 10.2. The third-order valence-electron chi connectivity index (χ3n) is 1.85. The van der Waals surface area contributed by atoms with Gasteiger partial charge in [0.1, 0.15) is 0 Å². The van der Waals surface area contributed by atoms with Gasteiger partial charge in [0.15, 0.2) is 0 Å². The van der Waals surface area contributed by atoms with Crippen molar-refractivity contribution >= 4 is 11.8 Å². The van der Waals surface area contributed by atoms with Gasteiger partial charge >= 0.3 is 0 Å². The summed E-state index contributed by atoms with van der Waals surface area (Å²) in [5.41, 5.74) is 1.35. The summed E-state index contributed by atoms with van der Waals surface area (Å²) in [4.78, 5) is 1.43. The van der Waals surface area contributed by atoms with Crippen molar-refractivity contribution in [2.24, 2.45) is 0 Å². The van der Waals surface area contributed by atoms with Crippen LogP contribution in [0.5, 0.6) is 0 Å². The number of thioether (sulfide) groups is 1. The Morgan fingerprint density at radius 2 is 1.82 bits per heavy atom. The van der Waals surface area contributed by atoms with Crippen LogP contribution >= 0.6 is 11.8 Å². The molecule has 2 rings (SSSR count). The maximum absolute atomic E-state index is 2.22. The molecule has 58 valence electrons. The van der Waals surface area contributed by atoms with Crippen LogP contribution in [-0.4, -0.2) is 5.25 Å². The highest BCUT2D eigenvalue weighted by Gasteiger charge is 2.21. The van der Waals surface area contributed by atoms with Crippen molar-refractivity contribution < 1.29 is 0 Å². The van der Waals surface area contributed by atoms with Crippen LogP contribution in [0.2, 0.25) is 0 Å². The van der Waals surface area contributed by atoms with E-state index in [1.54, 1.807) is 0 Å². The summed E-state index contributed by atoms with van der Waals surface area (Å²) in [6.07, 6.45) is 2.83. The maximum Gasteiger partial charge on any atom is 0.00952 e. The Bertz CT molecular complexity index is 234. The molecule has 0 aliphatic heterocycles. The van der Waals surface area contributed by atoms with Crippen LogP contribution in [0.1, 0.15) is 18.4 Å². The molecule has 1 aliphatic rings. The lowest BCUT2D eigenvalue weighted by molar-refractivity contribution is 1.36. The Morgan fingerprint density at radius 3 is 2.36 bits per heavy atom. The zero-order valence-electron chi connectivity index (χ0n) is 6.71. The van der Waals surface area contributed by atoms with Gasteiger partial charge in [0, 0.05) is 10.1 Å². The molecule has 0 radical (unpaired) electrons. The van der Waals surface area contributed by atoms with E-state index in [0.717, 1.165) is 5.25 Å². The van der Waals surface area contributed by atoms with E-state index in [1.807, 2.05) is 11.8 Å². The van der Waals surface area contributed by atoms with E-state index in [4.69, 9.17) is 0 Å². The molecule has 1 fully saturated rings. The second-order valence-electron chi connectivity index (χ2n) is 3.13. The molecular weight excluding hydrogens is 152 g/mol. The molecule has 0 atom stereocenters. The molecule has 1 aromatic rings. The van der Waals surface area contributed by atoms with E-state index in [1.165, 1.54) is 23.3 Å². The normalized spacial score (nSPS) is 16.8. The highest BCUT2D eigenvalue weighted by molar-refractivity contribution is 8.00. The number of hydrogen-bond donors (Lipinski definition) is 0. The standard InChI is InChI=1S/C10H12S/c1-8-2-4-9(5-3-8)11-10-6-7-10/h2-5,10H,6-7H2,1H3. The average molecular weight is 164 g/mol. The average Bonchev–Trinajstić information content (AvgIpc) is 2.78. The first-order valence-electron chi connectivity index (χ1n) is 4.08.